The molecule has 1 atom stereocenters. The van der Waals surface area contributed by atoms with Crippen molar-refractivity contribution in [3.63, 3.8) is 0 Å². The van der Waals surface area contributed by atoms with Gasteiger partial charge in [-0.1, -0.05) is 12.1 Å². The number of aromatic nitrogens is 2. The van der Waals surface area contributed by atoms with Crippen molar-refractivity contribution in [1.82, 2.24) is 20.2 Å². The second kappa shape index (κ2) is 11.6. The van der Waals surface area contributed by atoms with Gasteiger partial charge in [-0.25, -0.2) is 5.01 Å². The Morgan fingerprint density at radius 1 is 1.02 bits per heavy atom. The number of hydrogen-bond donors (Lipinski definition) is 2. The minimum absolute atomic E-state index is 0.0583. The highest BCUT2D eigenvalue weighted by molar-refractivity contribution is 8.00. The Balaban J connectivity index is 1.57. The molecule has 0 radical (unpaired) electrons. The van der Waals surface area contributed by atoms with Gasteiger partial charge in [-0.05, 0) is 48.0 Å². The number of nitrogens with zero attached hydrogens (tertiary/aromatic N) is 4. The second-order valence-corrected chi connectivity index (χ2v) is 10.0. The van der Waals surface area contributed by atoms with Crippen LogP contribution in [0, 0.1) is 10.1 Å². The predicted octanol–water partition coefficient (Wildman–Crippen LogP) is 3.45. The number of nitrogens with one attached hydrogen (secondary N) is 1. The van der Waals surface area contributed by atoms with E-state index in [0.29, 0.717) is 22.7 Å². The highest BCUT2D eigenvalue weighted by Crippen LogP contribution is 2.42. The summed E-state index contributed by atoms with van der Waals surface area (Å²) >= 11 is 1.07. The Morgan fingerprint density at radius 3 is 2.29 bits per heavy atom. The third-order valence-corrected chi connectivity index (χ3v) is 7.64. The first kappa shape index (κ1) is 28.2. The van der Waals surface area contributed by atoms with Crippen molar-refractivity contribution in [2.45, 2.75) is 5.37 Å². The molecule has 5 rings (SSSR count). The Hall–Kier alpha value is -5.37. The fraction of sp³-hybridized carbons (Fsp3) is 0.143. The minimum atomic E-state index is -0.960. The van der Waals surface area contributed by atoms with Gasteiger partial charge in [0.25, 0.3) is 23.1 Å². The smallest absolute Gasteiger partial charge is 0.291 e. The van der Waals surface area contributed by atoms with Crippen LogP contribution in [-0.4, -0.2) is 56.6 Å². The third-order valence-electron chi connectivity index (χ3n) is 6.44. The number of amides is 2. The molecule has 0 aliphatic carbocycles. The summed E-state index contributed by atoms with van der Waals surface area (Å²) in [6.45, 7) is 0. The largest absolute Gasteiger partial charge is 0.508 e. The maximum absolute atomic E-state index is 13.8. The van der Waals surface area contributed by atoms with Crippen molar-refractivity contribution in [2.24, 2.45) is 0 Å². The Morgan fingerprint density at radius 2 is 1.67 bits per heavy atom. The molecule has 0 spiro atoms. The second-order valence-electron chi connectivity index (χ2n) is 8.95. The molecule has 1 aliphatic heterocycles. The van der Waals surface area contributed by atoms with Crippen LogP contribution >= 0.6 is 11.8 Å². The lowest BCUT2D eigenvalue weighted by Gasteiger charge is -2.25. The standard InChI is InChI=1S/C28H23N5O8S/c1-40-19-8-3-16(4-9-19)21-14-24(35)31(17-5-10-20(41-2)11-6-17)29-26(21)27(37)30-32-25(36)15-42-28(32)22-13-18(33(38)39)7-12-23(22)34/h3-14,28,34H,15H2,1-2H3,(H,30,37). The lowest BCUT2D eigenvalue weighted by molar-refractivity contribution is -0.385. The lowest BCUT2D eigenvalue weighted by atomic mass is 10.0. The first-order valence-electron chi connectivity index (χ1n) is 12.4. The molecule has 14 heteroatoms. The van der Waals surface area contributed by atoms with E-state index < -0.39 is 27.7 Å². The quantitative estimate of drug-likeness (QED) is 0.230. The fourth-order valence-corrected chi connectivity index (χ4v) is 5.44. The summed E-state index contributed by atoms with van der Waals surface area (Å²) in [7, 11) is 3.01. The van der Waals surface area contributed by atoms with Crippen molar-refractivity contribution < 1.29 is 29.1 Å². The van der Waals surface area contributed by atoms with E-state index in [1.54, 1.807) is 48.5 Å². The van der Waals surface area contributed by atoms with Gasteiger partial charge in [-0.15, -0.1) is 11.8 Å². The molecule has 0 saturated carbocycles. The van der Waals surface area contributed by atoms with Crippen molar-refractivity contribution in [2.75, 3.05) is 20.0 Å². The number of benzene rings is 3. The minimum Gasteiger partial charge on any atom is -0.508 e. The Labute approximate surface area is 242 Å². The number of carbonyl (C=O) groups excluding carboxylic acids is 2. The number of hydrogen-bond acceptors (Lipinski definition) is 10. The van der Waals surface area contributed by atoms with Crippen molar-refractivity contribution in [3.8, 4) is 34.1 Å². The predicted molar refractivity (Wildman–Crippen MR) is 153 cm³/mol. The van der Waals surface area contributed by atoms with Crippen LogP contribution in [0.4, 0.5) is 5.69 Å². The number of aromatic hydroxyl groups is 1. The number of ether oxygens (including phenoxy) is 2. The first-order chi connectivity index (χ1) is 20.2. The number of thioether (sulfide) groups is 1. The average Bonchev–Trinajstić information content (AvgIpc) is 3.36. The summed E-state index contributed by atoms with van der Waals surface area (Å²) in [6, 6.07) is 17.8. The average molecular weight is 590 g/mol. The van der Waals surface area contributed by atoms with Gasteiger partial charge in [-0.2, -0.15) is 9.78 Å². The van der Waals surface area contributed by atoms with E-state index in [9.17, 15) is 29.6 Å². The van der Waals surface area contributed by atoms with Crippen LogP contribution in [0.3, 0.4) is 0 Å². The number of hydrazine groups is 1. The Kier molecular flexibility index (Phi) is 7.80. The van der Waals surface area contributed by atoms with Gasteiger partial charge in [0.15, 0.2) is 5.69 Å². The SMILES string of the molecule is COc1ccc(-c2cc(=O)n(-c3ccc(OC)cc3)nc2C(=O)NN2C(=O)CSC2c2cc([N+](=O)[O-])ccc2O)cc1. The van der Waals surface area contributed by atoms with Crippen LogP contribution in [0.25, 0.3) is 16.8 Å². The molecule has 1 unspecified atom stereocenters. The fourth-order valence-electron chi connectivity index (χ4n) is 4.31. The molecule has 1 fully saturated rings. The van der Waals surface area contributed by atoms with Gasteiger partial charge in [0.1, 0.15) is 22.6 Å². The van der Waals surface area contributed by atoms with E-state index in [4.69, 9.17) is 9.47 Å². The first-order valence-corrected chi connectivity index (χ1v) is 13.4. The van der Waals surface area contributed by atoms with Gasteiger partial charge in [-0.3, -0.25) is 29.9 Å². The molecule has 42 heavy (non-hydrogen) atoms. The molecule has 214 valence electrons. The zero-order valence-corrected chi connectivity index (χ0v) is 23.0. The van der Waals surface area contributed by atoms with Gasteiger partial charge in [0, 0.05) is 29.3 Å². The van der Waals surface area contributed by atoms with Crippen LogP contribution in [0.1, 0.15) is 21.4 Å². The van der Waals surface area contributed by atoms with Crippen LogP contribution in [-0.2, 0) is 4.79 Å². The number of phenolic OH excluding ortho intramolecular Hbond substituents is 1. The number of carbonyl (C=O) groups is 2. The topological polar surface area (TPSA) is 166 Å². The van der Waals surface area contributed by atoms with E-state index in [0.717, 1.165) is 39.7 Å². The lowest BCUT2D eigenvalue weighted by Crippen LogP contribution is -2.45. The van der Waals surface area contributed by atoms with E-state index >= 15 is 0 Å². The number of non-ortho nitro benzene ring substituents is 1. The number of nitro benzene ring substituents is 1. The van der Waals surface area contributed by atoms with Crippen molar-refractivity contribution in [1.29, 1.82) is 0 Å². The van der Waals surface area contributed by atoms with Gasteiger partial charge in [0.2, 0.25) is 0 Å². The van der Waals surface area contributed by atoms with Crippen LogP contribution in [0.15, 0.2) is 77.6 Å². The summed E-state index contributed by atoms with van der Waals surface area (Å²) in [6.07, 6.45) is 0. The highest BCUT2D eigenvalue weighted by Gasteiger charge is 2.37. The molecule has 1 saturated heterocycles. The molecule has 4 aromatic rings. The molecular weight excluding hydrogens is 566 g/mol. The molecular formula is C28H23N5O8S. The summed E-state index contributed by atoms with van der Waals surface area (Å²) in [5, 5.41) is 26.2. The molecule has 1 aliphatic rings. The summed E-state index contributed by atoms with van der Waals surface area (Å²) in [5.74, 6) is -0.551. The third kappa shape index (κ3) is 5.47. The molecule has 1 aromatic heterocycles. The zero-order chi connectivity index (χ0) is 30.0. The van der Waals surface area contributed by atoms with E-state index in [1.165, 1.54) is 20.3 Å². The number of rotatable bonds is 8. The van der Waals surface area contributed by atoms with E-state index in [-0.39, 0.29) is 34.0 Å². The maximum atomic E-state index is 13.8. The molecule has 13 nitrogen and oxygen atoms in total. The van der Waals surface area contributed by atoms with Gasteiger partial charge >= 0.3 is 0 Å². The number of nitro groups is 1. The van der Waals surface area contributed by atoms with Crippen LogP contribution < -0.4 is 20.5 Å². The summed E-state index contributed by atoms with van der Waals surface area (Å²) < 4.78 is 11.4. The number of phenols is 1. The normalized spacial score (nSPS) is 14.5. The maximum Gasteiger partial charge on any atom is 0.291 e. The van der Waals surface area contributed by atoms with Crippen molar-refractivity contribution in [3.05, 3.63) is 105 Å². The highest BCUT2D eigenvalue weighted by atomic mass is 32.2. The van der Waals surface area contributed by atoms with E-state index in [1.807, 2.05) is 0 Å². The van der Waals surface area contributed by atoms with Crippen LogP contribution in [0.2, 0.25) is 0 Å². The van der Waals surface area contributed by atoms with Gasteiger partial charge in [0.05, 0.1) is 30.6 Å². The Bertz CT molecular complexity index is 1740. The van der Waals surface area contributed by atoms with Crippen LogP contribution in [0.5, 0.6) is 17.2 Å². The molecule has 2 heterocycles. The number of methoxy groups -OCH3 is 2. The molecule has 3 aromatic carbocycles. The van der Waals surface area contributed by atoms with Crippen molar-refractivity contribution >= 4 is 29.3 Å². The zero-order valence-electron chi connectivity index (χ0n) is 22.2. The monoisotopic (exact) mass is 589 g/mol. The molecule has 2 N–H and O–H groups in total. The molecule has 0 bridgehead atoms. The summed E-state index contributed by atoms with van der Waals surface area (Å²) in [4.78, 5) is 50.5. The summed E-state index contributed by atoms with van der Waals surface area (Å²) in [5.41, 5.74) is 2.68. The van der Waals surface area contributed by atoms with E-state index in [2.05, 4.69) is 10.5 Å². The molecule has 2 amide bonds. The van der Waals surface area contributed by atoms with Gasteiger partial charge < -0.3 is 14.6 Å².